The molecule has 2 atom stereocenters. The predicted molar refractivity (Wildman–Crippen MR) is 109 cm³/mol. The zero-order valence-electron chi connectivity index (χ0n) is 17.5. The third kappa shape index (κ3) is 4.91. The molecule has 3 aromatic rings. The van der Waals surface area contributed by atoms with Crippen LogP contribution in [0.2, 0.25) is 0 Å². The second-order valence-electron chi connectivity index (χ2n) is 7.56. The summed E-state index contributed by atoms with van der Waals surface area (Å²) in [5.41, 5.74) is -0.158. The highest BCUT2D eigenvalue weighted by atomic mass is 19.4. The quantitative estimate of drug-likeness (QED) is 0.543. The van der Waals surface area contributed by atoms with Crippen molar-refractivity contribution in [3.8, 4) is 17.4 Å². The summed E-state index contributed by atoms with van der Waals surface area (Å²) in [7, 11) is 0. The average molecular weight is 461 g/mol. The molecule has 2 unspecified atom stereocenters. The van der Waals surface area contributed by atoms with Crippen LogP contribution in [-0.4, -0.2) is 49.4 Å². The third-order valence-electron chi connectivity index (χ3n) is 5.41. The second-order valence-corrected chi connectivity index (χ2v) is 7.56. The normalized spacial score (nSPS) is 18.8. The molecule has 0 aliphatic carbocycles. The largest absolute Gasteiger partial charge is 0.458 e. The number of ether oxygens (including phenoxy) is 1. The number of likely N-dealkylation sites (tertiary alicyclic amines) is 1. The number of rotatable bonds is 4. The van der Waals surface area contributed by atoms with E-state index >= 15 is 0 Å². The molecule has 1 aliphatic rings. The van der Waals surface area contributed by atoms with Crippen molar-refractivity contribution >= 4 is 5.91 Å². The molecule has 1 aromatic carbocycles. The predicted octanol–water partition coefficient (Wildman–Crippen LogP) is 4.16. The number of nitrogens with zero attached hydrogens (tertiary/aromatic N) is 5. The fourth-order valence-corrected chi connectivity index (χ4v) is 3.68. The topological polar surface area (TPSA) is 81.1 Å². The van der Waals surface area contributed by atoms with Crippen LogP contribution in [0.3, 0.4) is 0 Å². The monoisotopic (exact) mass is 461 g/mol. The first-order valence-electron chi connectivity index (χ1n) is 10.2. The van der Waals surface area contributed by atoms with E-state index in [0.29, 0.717) is 42.9 Å². The van der Waals surface area contributed by atoms with Crippen LogP contribution in [0.15, 0.2) is 49.1 Å². The van der Waals surface area contributed by atoms with Crippen LogP contribution in [0.25, 0.3) is 11.4 Å². The summed E-state index contributed by atoms with van der Waals surface area (Å²) in [6.07, 6.45) is -0.457. The summed E-state index contributed by atoms with van der Waals surface area (Å²) >= 11 is 0. The van der Waals surface area contributed by atoms with Gasteiger partial charge in [0.2, 0.25) is 0 Å². The zero-order valence-corrected chi connectivity index (χ0v) is 17.5. The molecule has 0 N–H and O–H groups in total. The van der Waals surface area contributed by atoms with Gasteiger partial charge in [-0.05, 0) is 25.8 Å². The minimum atomic E-state index is -4.54. The lowest BCUT2D eigenvalue weighted by molar-refractivity contribution is -0.138. The Morgan fingerprint density at radius 1 is 1.06 bits per heavy atom. The molecule has 0 spiro atoms. The minimum absolute atomic E-state index is 0.186. The van der Waals surface area contributed by atoms with Crippen molar-refractivity contribution in [2.24, 2.45) is 0 Å². The van der Waals surface area contributed by atoms with E-state index in [2.05, 4.69) is 19.9 Å². The number of amides is 1. The summed E-state index contributed by atoms with van der Waals surface area (Å²) in [4.78, 5) is 30.3. The Balaban J connectivity index is 1.53. The molecule has 1 fully saturated rings. The summed E-state index contributed by atoms with van der Waals surface area (Å²) in [6.45, 7) is 2.26. The molecule has 4 rings (SSSR count). The SMILES string of the molecule is CC1C(Oc2ncc(C(F)(F)F)cn2)CCCN1C(=O)c1ccccc1-c1ncc(F)cn1. The van der Waals surface area contributed by atoms with Gasteiger partial charge in [-0.25, -0.2) is 24.3 Å². The molecule has 1 saturated heterocycles. The van der Waals surface area contributed by atoms with Gasteiger partial charge in [-0.1, -0.05) is 18.2 Å². The summed E-state index contributed by atoms with van der Waals surface area (Å²) in [5, 5.41) is 0. The maximum Gasteiger partial charge on any atom is 0.419 e. The molecule has 0 saturated carbocycles. The number of carbonyl (C=O) groups excluding carboxylic acids is 1. The molecular formula is C22H19F4N5O2. The fourth-order valence-electron chi connectivity index (χ4n) is 3.68. The molecule has 172 valence electrons. The fraction of sp³-hybridized carbons (Fsp3) is 0.318. The molecule has 0 radical (unpaired) electrons. The Morgan fingerprint density at radius 3 is 2.39 bits per heavy atom. The number of hydrogen-bond acceptors (Lipinski definition) is 6. The standard InChI is InChI=1S/C22H19F4N5O2/c1-13-18(33-21-29-9-14(10-30-21)22(24,25)26)7-4-8-31(13)20(32)17-6-3-2-5-16(17)19-27-11-15(23)12-28-19/h2-3,5-6,9-13,18H,4,7-8H2,1H3. The van der Waals surface area contributed by atoms with Crippen LogP contribution in [0.1, 0.15) is 35.7 Å². The van der Waals surface area contributed by atoms with Crippen LogP contribution < -0.4 is 4.74 Å². The first-order valence-corrected chi connectivity index (χ1v) is 10.2. The summed E-state index contributed by atoms with van der Waals surface area (Å²) in [5.74, 6) is -0.652. The lowest BCUT2D eigenvalue weighted by atomic mass is 9.97. The van der Waals surface area contributed by atoms with Gasteiger partial charge in [0.05, 0.1) is 29.6 Å². The van der Waals surface area contributed by atoms with E-state index in [1.165, 1.54) is 0 Å². The van der Waals surface area contributed by atoms with E-state index in [4.69, 9.17) is 4.74 Å². The lowest BCUT2D eigenvalue weighted by Crippen LogP contribution is -2.51. The van der Waals surface area contributed by atoms with Crippen molar-refractivity contribution in [3.05, 3.63) is 66.0 Å². The van der Waals surface area contributed by atoms with Gasteiger partial charge in [0.1, 0.15) is 6.10 Å². The van der Waals surface area contributed by atoms with Gasteiger partial charge in [-0.3, -0.25) is 4.79 Å². The Kier molecular flexibility index (Phi) is 6.21. The van der Waals surface area contributed by atoms with Crippen LogP contribution in [0, 0.1) is 5.82 Å². The van der Waals surface area contributed by atoms with Gasteiger partial charge >= 0.3 is 12.2 Å². The van der Waals surface area contributed by atoms with Crippen LogP contribution in [-0.2, 0) is 6.18 Å². The highest BCUT2D eigenvalue weighted by Crippen LogP contribution is 2.30. The molecule has 0 bridgehead atoms. The molecule has 11 heteroatoms. The van der Waals surface area contributed by atoms with Gasteiger partial charge in [0, 0.05) is 24.5 Å². The van der Waals surface area contributed by atoms with Crippen molar-refractivity contribution < 1.29 is 27.1 Å². The van der Waals surface area contributed by atoms with Gasteiger partial charge in [0.25, 0.3) is 5.91 Å². The lowest BCUT2D eigenvalue weighted by Gasteiger charge is -2.39. The van der Waals surface area contributed by atoms with Gasteiger partial charge in [-0.15, -0.1) is 0 Å². The van der Waals surface area contributed by atoms with Crippen molar-refractivity contribution in [3.63, 3.8) is 0 Å². The first kappa shape index (κ1) is 22.6. The number of piperidine rings is 1. The van der Waals surface area contributed by atoms with E-state index in [-0.39, 0.29) is 17.7 Å². The van der Waals surface area contributed by atoms with Gasteiger partial charge in [-0.2, -0.15) is 13.2 Å². The van der Waals surface area contributed by atoms with Crippen molar-refractivity contribution in [2.45, 2.75) is 38.1 Å². The molecule has 1 aliphatic heterocycles. The van der Waals surface area contributed by atoms with Gasteiger partial charge in [0.15, 0.2) is 11.6 Å². The molecule has 1 amide bonds. The van der Waals surface area contributed by atoms with Crippen molar-refractivity contribution in [1.82, 2.24) is 24.8 Å². The van der Waals surface area contributed by atoms with Crippen LogP contribution in [0.4, 0.5) is 17.6 Å². The Labute approximate surface area is 186 Å². The number of hydrogen-bond donors (Lipinski definition) is 0. The molecule has 3 heterocycles. The number of aromatic nitrogens is 4. The average Bonchev–Trinajstić information content (AvgIpc) is 2.80. The number of halogens is 4. The molecular weight excluding hydrogens is 442 g/mol. The highest BCUT2D eigenvalue weighted by molar-refractivity contribution is 6.00. The van der Waals surface area contributed by atoms with Gasteiger partial charge < -0.3 is 9.64 Å². The Morgan fingerprint density at radius 2 is 1.73 bits per heavy atom. The first-order chi connectivity index (χ1) is 15.7. The van der Waals surface area contributed by atoms with E-state index in [1.807, 2.05) is 0 Å². The van der Waals surface area contributed by atoms with E-state index in [1.54, 1.807) is 36.1 Å². The third-order valence-corrected chi connectivity index (χ3v) is 5.41. The summed E-state index contributed by atoms with van der Waals surface area (Å²) < 4.78 is 57.1. The van der Waals surface area contributed by atoms with Crippen LogP contribution in [0.5, 0.6) is 6.01 Å². The van der Waals surface area contributed by atoms with Crippen molar-refractivity contribution in [1.29, 1.82) is 0 Å². The van der Waals surface area contributed by atoms with E-state index in [0.717, 1.165) is 12.4 Å². The molecule has 2 aromatic heterocycles. The maximum absolute atomic E-state index is 13.4. The zero-order chi connectivity index (χ0) is 23.6. The summed E-state index contributed by atoms with van der Waals surface area (Å²) in [6, 6.07) is 6.17. The second kappa shape index (κ2) is 9.08. The van der Waals surface area contributed by atoms with Crippen LogP contribution >= 0.6 is 0 Å². The number of alkyl halides is 3. The maximum atomic E-state index is 13.4. The van der Waals surface area contributed by atoms with Crippen molar-refractivity contribution in [2.75, 3.05) is 6.54 Å². The minimum Gasteiger partial charge on any atom is -0.458 e. The Hall–Kier alpha value is -3.63. The molecule has 33 heavy (non-hydrogen) atoms. The smallest absolute Gasteiger partial charge is 0.419 e. The van der Waals surface area contributed by atoms with E-state index in [9.17, 15) is 22.4 Å². The number of carbonyl (C=O) groups is 1. The molecule has 7 nitrogen and oxygen atoms in total. The number of benzene rings is 1. The van der Waals surface area contributed by atoms with E-state index < -0.39 is 29.7 Å². The Bertz CT molecular complexity index is 1120. The highest BCUT2D eigenvalue weighted by Gasteiger charge is 2.35.